The zero-order chi connectivity index (χ0) is 14.3. The van der Waals surface area contributed by atoms with E-state index < -0.39 is 0 Å². The van der Waals surface area contributed by atoms with Crippen molar-refractivity contribution in [3.8, 4) is 5.75 Å². The Morgan fingerprint density at radius 3 is 2.80 bits per heavy atom. The molecule has 0 bridgehead atoms. The van der Waals surface area contributed by atoms with Gasteiger partial charge >= 0.3 is 0 Å². The van der Waals surface area contributed by atoms with Gasteiger partial charge in [-0.05, 0) is 42.3 Å². The van der Waals surface area contributed by atoms with Crippen LogP contribution in [0.4, 0.5) is 4.39 Å². The predicted octanol–water partition coefficient (Wildman–Crippen LogP) is 4.42. The van der Waals surface area contributed by atoms with Crippen molar-refractivity contribution in [3.05, 3.63) is 63.4 Å². The number of halogens is 2. The molecule has 0 saturated heterocycles. The molecule has 1 heterocycles. The molecule has 104 valence electrons. The lowest BCUT2D eigenvalue weighted by atomic mass is 9.92. The van der Waals surface area contributed by atoms with Crippen LogP contribution in [0.15, 0.2) is 40.9 Å². The average molecular weight is 336 g/mol. The Morgan fingerprint density at radius 2 is 2.00 bits per heavy atom. The summed E-state index contributed by atoms with van der Waals surface area (Å²) in [6.07, 6.45) is 0.446. The molecule has 2 N–H and O–H groups in total. The Morgan fingerprint density at radius 1 is 1.20 bits per heavy atom. The first-order valence-electron chi connectivity index (χ1n) is 6.52. The highest BCUT2D eigenvalue weighted by Crippen LogP contribution is 2.41. The van der Waals surface area contributed by atoms with Crippen LogP contribution in [-0.2, 0) is 0 Å². The van der Waals surface area contributed by atoms with Crippen LogP contribution in [0.2, 0.25) is 0 Å². The van der Waals surface area contributed by atoms with Crippen molar-refractivity contribution >= 4 is 15.9 Å². The Hall–Kier alpha value is -1.39. The zero-order valence-corrected chi connectivity index (χ0v) is 12.7. The molecule has 0 aromatic heterocycles. The molecule has 2 aromatic carbocycles. The van der Waals surface area contributed by atoms with Gasteiger partial charge in [-0.25, -0.2) is 4.39 Å². The fraction of sp³-hybridized carbons (Fsp3) is 0.250. The van der Waals surface area contributed by atoms with Crippen molar-refractivity contribution in [3.63, 3.8) is 0 Å². The quantitative estimate of drug-likeness (QED) is 0.837. The Balaban J connectivity index is 2.00. The normalized spacial score (nSPS) is 21.2. The maximum atomic E-state index is 13.5. The highest BCUT2D eigenvalue weighted by atomic mass is 79.9. The lowest BCUT2D eigenvalue weighted by Crippen LogP contribution is -2.24. The van der Waals surface area contributed by atoms with Crippen molar-refractivity contribution in [1.29, 1.82) is 0 Å². The van der Waals surface area contributed by atoms with Crippen LogP contribution >= 0.6 is 15.9 Å². The molecule has 0 aliphatic carbocycles. The van der Waals surface area contributed by atoms with Crippen LogP contribution in [0.5, 0.6) is 5.75 Å². The van der Waals surface area contributed by atoms with Gasteiger partial charge in [0, 0.05) is 22.5 Å². The van der Waals surface area contributed by atoms with Crippen molar-refractivity contribution in [2.24, 2.45) is 5.73 Å². The van der Waals surface area contributed by atoms with E-state index in [-0.39, 0.29) is 18.0 Å². The smallest absolute Gasteiger partial charge is 0.126 e. The second kappa shape index (κ2) is 5.19. The summed E-state index contributed by atoms with van der Waals surface area (Å²) in [5.74, 6) is 0.523. The third kappa shape index (κ3) is 2.45. The van der Waals surface area contributed by atoms with Gasteiger partial charge in [-0.1, -0.05) is 28.1 Å². The second-order valence-electron chi connectivity index (χ2n) is 5.13. The molecule has 0 amide bonds. The molecule has 1 aliphatic rings. The molecule has 0 fully saturated rings. The van der Waals surface area contributed by atoms with Gasteiger partial charge in [0.25, 0.3) is 0 Å². The first kappa shape index (κ1) is 13.6. The standard InChI is InChI=1S/C16H15BrFNO/c1-9-2-4-11(18)7-13(9)16-8-14(19)12-5-3-10(17)6-15(12)20-16/h2-7,14,16H,8,19H2,1H3. The van der Waals surface area contributed by atoms with Crippen molar-refractivity contribution < 1.29 is 9.13 Å². The van der Waals surface area contributed by atoms with Crippen molar-refractivity contribution in [2.75, 3.05) is 0 Å². The van der Waals surface area contributed by atoms with Crippen LogP contribution in [0, 0.1) is 12.7 Å². The summed E-state index contributed by atoms with van der Waals surface area (Å²) in [6, 6.07) is 10.5. The number of nitrogens with two attached hydrogens (primary N) is 1. The van der Waals surface area contributed by atoms with E-state index >= 15 is 0 Å². The van der Waals surface area contributed by atoms with E-state index in [2.05, 4.69) is 15.9 Å². The van der Waals surface area contributed by atoms with Gasteiger partial charge in [0.2, 0.25) is 0 Å². The van der Waals surface area contributed by atoms with E-state index in [4.69, 9.17) is 10.5 Å². The van der Waals surface area contributed by atoms with Crippen LogP contribution in [0.25, 0.3) is 0 Å². The molecular formula is C16H15BrFNO. The predicted molar refractivity (Wildman–Crippen MR) is 80.2 cm³/mol. The minimum Gasteiger partial charge on any atom is -0.485 e. The van der Waals surface area contributed by atoms with E-state index in [9.17, 15) is 4.39 Å². The van der Waals surface area contributed by atoms with Gasteiger partial charge in [-0.3, -0.25) is 0 Å². The topological polar surface area (TPSA) is 35.2 Å². The Labute approximate surface area is 125 Å². The highest BCUT2D eigenvalue weighted by molar-refractivity contribution is 9.10. The van der Waals surface area contributed by atoms with Gasteiger partial charge in [-0.2, -0.15) is 0 Å². The van der Waals surface area contributed by atoms with Crippen LogP contribution in [0.3, 0.4) is 0 Å². The van der Waals surface area contributed by atoms with E-state index in [0.29, 0.717) is 6.42 Å². The third-order valence-corrected chi connectivity index (χ3v) is 4.19. The first-order chi connectivity index (χ1) is 9.54. The molecule has 0 radical (unpaired) electrons. The largest absolute Gasteiger partial charge is 0.485 e. The average Bonchev–Trinajstić information content (AvgIpc) is 2.41. The molecule has 2 atom stereocenters. The molecule has 20 heavy (non-hydrogen) atoms. The van der Waals surface area contributed by atoms with E-state index in [1.807, 2.05) is 25.1 Å². The minimum atomic E-state index is -0.247. The van der Waals surface area contributed by atoms with Crippen LogP contribution in [0.1, 0.15) is 35.3 Å². The number of rotatable bonds is 1. The van der Waals surface area contributed by atoms with Gasteiger partial charge < -0.3 is 10.5 Å². The van der Waals surface area contributed by atoms with Gasteiger partial charge in [0.05, 0.1) is 0 Å². The van der Waals surface area contributed by atoms with Gasteiger partial charge in [-0.15, -0.1) is 0 Å². The molecule has 4 heteroatoms. The van der Waals surface area contributed by atoms with Gasteiger partial charge in [0.15, 0.2) is 0 Å². The fourth-order valence-electron chi connectivity index (χ4n) is 2.62. The second-order valence-corrected chi connectivity index (χ2v) is 6.05. The summed E-state index contributed by atoms with van der Waals surface area (Å²) < 4.78 is 20.4. The zero-order valence-electron chi connectivity index (χ0n) is 11.1. The number of ether oxygens (including phenoxy) is 1. The van der Waals surface area contributed by atoms with Crippen LogP contribution in [-0.4, -0.2) is 0 Å². The summed E-state index contributed by atoms with van der Waals surface area (Å²) in [7, 11) is 0. The molecule has 2 nitrogen and oxygen atoms in total. The monoisotopic (exact) mass is 335 g/mol. The summed E-state index contributed by atoms with van der Waals surface area (Å²) in [5, 5.41) is 0. The maximum Gasteiger partial charge on any atom is 0.126 e. The van der Waals surface area contributed by atoms with Crippen molar-refractivity contribution in [2.45, 2.75) is 25.5 Å². The molecule has 2 aromatic rings. The lowest BCUT2D eigenvalue weighted by molar-refractivity contribution is 0.160. The third-order valence-electron chi connectivity index (χ3n) is 3.70. The Bertz CT molecular complexity index is 659. The molecular weight excluding hydrogens is 321 g/mol. The first-order valence-corrected chi connectivity index (χ1v) is 7.31. The van der Waals surface area contributed by atoms with E-state index in [0.717, 1.165) is 26.9 Å². The molecule has 0 saturated carbocycles. The number of fused-ring (bicyclic) bond motifs is 1. The van der Waals surface area contributed by atoms with Crippen LogP contribution < -0.4 is 10.5 Å². The van der Waals surface area contributed by atoms with E-state index in [1.54, 1.807) is 6.07 Å². The maximum absolute atomic E-state index is 13.5. The summed E-state index contributed by atoms with van der Waals surface area (Å²) in [4.78, 5) is 0. The number of benzene rings is 2. The highest BCUT2D eigenvalue weighted by Gasteiger charge is 2.28. The summed E-state index contributed by atoms with van der Waals surface area (Å²) in [6.45, 7) is 1.96. The number of hydrogen-bond donors (Lipinski definition) is 1. The fourth-order valence-corrected chi connectivity index (χ4v) is 2.96. The molecule has 3 rings (SSSR count). The number of hydrogen-bond acceptors (Lipinski definition) is 2. The SMILES string of the molecule is Cc1ccc(F)cc1C1CC(N)c2ccc(Br)cc2O1. The summed E-state index contributed by atoms with van der Waals surface area (Å²) in [5.41, 5.74) is 9.10. The summed E-state index contributed by atoms with van der Waals surface area (Å²) >= 11 is 3.43. The number of aryl methyl sites for hydroxylation is 1. The van der Waals surface area contributed by atoms with E-state index in [1.165, 1.54) is 12.1 Å². The molecule has 0 spiro atoms. The molecule has 1 aliphatic heterocycles. The molecule has 2 unspecified atom stereocenters. The minimum absolute atomic E-state index is 0.0977. The van der Waals surface area contributed by atoms with Crippen molar-refractivity contribution in [1.82, 2.24) is 0 Å². The lowest BCUT2D eigenvalue weighted by Gasteiger charge is -2.31. The Kier molecular flexibility index (Phi) is 3.52. The van der Waals surface area contributed by atoms with Gasteiger partial charge in [0.1, 0.15) is 17.7 Å².